The van der Waals surface area contributed by atoms with Crippen LogP contribution in [0.15, 0.2) is 64.4 Å². The number of alkyl halides is 3. The van der Waals surface area contributed by atoms with E-state index >= 15 is 0 Å². The van der Waals surface area contributed by atoms with Crippen molar-refractivity contribution in [3.63, 3.8) is 0 Å². The molecule has 0 fully saturated rings. The minimum absolute atomic E-state index is 0.237. The molecule has 0 saturated carbocycles. The lowest BCUT2D eigenvalue weighted by Gasteiger charge is -2.35. The number of rotatable bonds is 6. The molecule has 180 valence electrons. The summed E-state index contributed by atoms with van der Waals surface area (Å²) in [6, 6.07) is 14.3. The van der Waals surface area contributed by atoms with Gasteiger partial charge in [-0.3, -0.25) is 0 Å². The van der Waals surface area contributed by atoms with Crippen molar-refractivity contribution in [2.45, 2.75) is 42.8 Å². The SMILES string of the molecule is Cc1ccc2c(c1C)N(CCCN(C)Cc1ccccc1O)c1cc(C(F)(F)F)ccc1S2=O. The van der Waals surface area contributed by atoms with Gasteiger partial charge >= 0.3 is 6.18 Å². The van der Waals surface area contributed by atoms with E-state index in [-0.39, 0.29) is 5.75 Å². The maximum Gasteiger partial charge on any atom is 0.416 e. The number of phenols is 1. The molecule has 1 heterocycles. The summed E-state index contributed by atoms with van der Waals surface area (Å²) in [6.07, 6.45) is -3.82. The van der Waals surface area contributed by atoms with Crippen LogP contribution in [0.4, 0.5) is 24.5 Å². The highest BCUT2D eigenvalue weighted by atomic mass is 32.2. The Labute approximate surface area is 200 Å². The Morgan fingerprint density at radius 1 is 1.03 bits per heavy atom. The van der Waals surface area contributed by atoms with Gasteiger partial charge in [-0.1, -0.05) is 24.3 Å². The molecule has 3 aromatic carbocycles. The third kappa shape index (κ3) is 4.70. The standard InChI is InChI=1S/C26H27F3N2O2S/c1-17-9-11-24-25(18(17)2)31(14-6-13-30(3)16-19-7-4-5-8-22(19)32)21-15-20(26(27,28)29)10-12-23(21)34(24)33/h4-5,7-12,15,32H,6,13-14,16H2,1-3H3. The number of hydrogen-bond acceptors (Lipinski definition) is 4. The van der Waals surface area contributed by atoms with Crippen molar-refractivity contribution in [1.29, 1.82) is 0 Å². The summed E-state index contributed by atoms with van der Waals surface area (Å²) in [6.45, 7) is 5.55. The molecule has 8 heteroatoms. The van der Waals surface area contributed by atoms with Crippen LogP contribution in [-0.4, -0.2) is 34.4 Å². The molecule has 0 amide bonds. The molecule has 4 nitrogen and oxygen atoms in total. The average Bonchev–Trinajstić information content (AvgIpc) is 2.79. The molecule has 34 heavy (non-hydrogen) atoms. The van der Waals surface area contributed by atoms with Crippen LogP contribution in [0, 0.1) is 13.8 Å². The first-order valence-corrected chi connectivity index (χ1v) is 12.2. The zero-order valence-electron chi connectivity index (χ0n) is 19.3. The van der Waals surface area contributed by atoms with Crippen molar-refractivity contribution in [1.82, 2.24) is 4.90 Å². The predicted molar refractivity (Wildman–Crippen MR) is 128 cm³/mol. The Kier molecular flexibility index (Phi) is 6.73. The van der Waals surface area contributed by atoms with E-state index in [9.17, 15) is 22.5 Å². The van der Waals surface area contributed by atoms with Gasteiger partial charge in [-0.15, -0.1) is 0 Å². The number of benzene rings is 3. The number of para-hydroxylation sites is 1. The normalized spacial score (nSPS) is 15.4. The second-order valence-electron chi connectivity index (χ2n) is 8.67. The second kappa shape index (κ2) is 9.43. The number of fused-ring (bicyclic) bond motifs is 2. The van der Waals surface area contributed by atoms with Gasteiger partial charge in [0.05, 0.1) is 37.5 Å². The van der Waals surface area contributed by atoms with E-state index in [1.165, 1.54) is 6.07 Å². The van der Waals surface area contributed by atoms with Gasteiger partial charge in [0.2, 0.25) is 0 Å². The molecule has 3 aromatic rings. The highest BCUT2D eigenvalue weighted by molar-refractivity contribution is 7.85. The summed E-state index contributed by atoms with van der Waals surface area (Å²) in [5.41, 5.74) is 3.05. The van der Waals surface area contributed by atoms with Crippen molar-refractivity contribution < 1.29 is 22.5 Å². The van der Waals surface area contributed by atoms with Gasteiger partial charge in [-0.2, -0.15) is 13.2 Å². The second-order valence-corrected chi connectivity index (χ2v) is 10.1. The molecule has 0 aliphatic carbocycles. The van der Waals surface area contributed by atoms with Gasteiger partial charge in [0.25, 0.3) is 0 Å². The van der Waals surface area contributed by atoms with Crippen LogP contribution in [-0.2, 0) is 23.5 Å². The molecular weight excluding hydrogens is 461 g/mol. The van der Waals surface area contributed by atoms with Crippen LogP contribution >= 0.6 is 0 Å². The Balaban J connectivity index is 1.63. The quantitative estimate of drug-likeness (QED) is 0.451. The molecule has 4 rings (SSSR count). The van der Waals surface area contributed by atoms with Crippen molar-refractivity contribution in [3.8, 4) is 5.75 Å². The average molecular weight is 489 g/mol. The molecule has 0 radical (unpaired) electrons. The smallest absolute Gasteiger partial charge is 0.416 e. The van der Waals surface area contributed by atoms with Crippen molar-refractivity contribution in [2.75, 3.05) is 25.0 Å². The summed E-state index contributed by atoms with van der Waals surface area (Å²) < 4.78 is 53.8. The largest absolute Gasteiger partial charge is 0.508 e. The summed E-state index contributed by atoms with van der Waals surface area (Å²) in [5, 5.41) is 10.0. The maximum atomic E-state index is 13.5. The van der Waals surface area contributed by atoms with Gasteiger partial charge < -0.3 is 14.9 Å². The van der Waals surface area contributed by atoms with Gasteiger partial charge in [0, 0.05) is 18.7 Å². The van der Waals surface area contributed by atoms with E-state index in [1.54, 1.807) is 12.1 Å². The van der Waals surface area contributed by atoms with Crippen LogP contribution in [0.2, 0.25) is 0 Å². The molecule has 1 atom stereocenters. The fourth-order valence-electron chi connectivity index (χ4n) is 4.31. The van der Waals surface area contributed by atoms with Gasteiger partial charge in [0.15, 0.2) is 0 Å². The van der Waals surface area contributed by atoms with Gasteiger partial charge in [-0.25, -0.2) is 4.21 Å². The number of anilines is 2. The van der Waals surface area contributed by atoms with Crippen LogP contribution in [0.1, 0.15) is 28.7 Å². The van der Waals surface area contributed by atoms with E-state index < -0.39 is 22.5 Å². The lowest BCUT2D eigenvalue weighted by molar-refractivity contribution is -0.137. The molecular formula is C26H27F3N2O2S. The highest BCUT2D eigenvalue weighted by Crippen LogP contribution is 2.46. The minimum Gasteiger partial charge on any atom is -0.508 e. The molecule has 0 saturated heterocycles. The number of aryl methyl sites for hydroxylation is 1. The van der Waals surface area contributed by atoms with Gasteiger partial charge in [0.1, 0.15) is 5.75 Å². The molecule has 1 aliphatic heterocycles. The van der Waals surface area contributed by atoms with E-state index in [0.29, 0.717) is 41.5 Å². The highest BCUT2D eigenvalue weighted by Gasteiger charge is 2.35. The fraction of sp³-hybridized carbons (Fsp3) is 0.308. The number of hydrogen-bond donors (Lipinski definition) is 1. The molecule has 1 aliphatic rings. The first-order valence-electron chi connectivity index (χ1n) is 11.0. The van der Waals surface area contributed by atoms with Crippen LogP contribution in [0.5, 0.6) is 5.75 Å². The van der Waals surface area contributed by atoms with E-state index in [2.05, 4.69) is 4.90 Å². The minimum atomic E-state index is -4.48. The van der Waals surface area contributed by atoms with Crippen molar-refractivity contribution >= 4 is 22.2 Å². The Morgan fingerprint density at radius 3 is 2.44 bits per heavy atom. The lowest BCUT2D eigenvalue weighted by Crippen LogP contribution is -2.29. The number of halogens is 3. The first-order chi connectivity index (χ1) is 16.1. The molecule has 0 bridgehead atoms. The topological polar surface area (TPSA) is 43.8 Å². The number of nitrogens with zero attached hydrogens (tertiary/aromatic N) is 2. The number of aromatic hydroxyl groups is 1. The molecule has 1 unspecified atom stereocenters. The molecule has 0 aromatic heterocycles. The summed E-state index contributed by atoms with van der Waals surface area (Å²) in [5.74, 6) is 0.237. The van der Waals surface area contributed by atoms with Crippen molar-refractivity contribution in [2.24, 2.45) is 0 Å². The van der Waals surface area contributed by atoms with E-state index in [4.69, 9.17) is 0 Å². The third-order valence-electron chi connectivity index (χ3n) is 6.26. The molecule has 1 N–H and O–H groups in total. The van der Waals surface area contributed by atoms with Crippen molar-refractivity contribution in [3.05, 3.63) is 76.9 Å². The van der Waals surface area contributed by atoms with E-state index in [1.807, 2.05) is 50.1 Å². The Morgan fingerprint density at radius 2 is 1.74 bits per heavy atom. The fourth-order valence-corrected chi connectivity index (χ4v) is 5.73. The Hall–Kier alpha value is -2.84. The lowest BCUT2D eigenvalue weighted by atomic mass is 10.0. The van der Waals surface area contributed by atoms with E-state index in [0.717, 1.165) is 34.5 Å². The van der Waals surface area contributed by atoms with Gasteiger partial charge in [-0.05, 0) is 75.3 Å². The zero-order chi connectivity index (χ0) is 24.6. The monoisotopic (exact) mass is 488 g/mol. The summed E-state index contributed by atoms with van der Waals surface area (Å²) in [4.78, 5) is 4.97. The maximum absolute atomic E-state index is 13.5. The zero-order valence-corrected chi connectivity index (χ0v) is 20.1. The summed E-state index contributed by atoms with van der Waals surface area (Å²) in [7, 11) is 0.386. The summed E-state index contributed by atoms with van der Waals surface area (Å²) >= 11 is 0. The molecule has 0 spiro atoms. The first kappa shape index (κ1) is 24.3. The Bertz CT molecular complexity index is 1240. The van der Waals surface area contributed by atoms with Crippen LogP contribution in [0.25, 0.3) is 0 Å². The predicted octanol–water partition coefficient (Wildman–Crippen LogP) is 6.17. The number of phenolic OH excluding ortho intramolecular Hbond substituents is 1. The van der Waals surface area contributed by atoms with Crippen LogP contribution < -0.4 is 4.90 Å². The van der Waals surface area contributed by atoms with Crippen LogP contribution in [0.3, 0.4) is 0 Å². The third-order valence-corrected chi connectivity index (χ3v) is 7.74.